The largest absolute Gasteiger partial charge is 0.477 e. The molecule has 1 aliphatic heterocycles. The second kappa shape index (κ2) is 5.05. The molecule has 0 unspecified atom stereocenters. The lowest BCUT2D eigenvalue weighted by Gasteiger charge is -2.17. The van der Waals surface area contributed by atoms with Crippen molar-refractivity contribution in [3.63, 3.8) is 0 Å². The number of halogens is 3. The summed E-state index contributed by atoms with van der Waals surface area (Å²) in [6, 6.07) is -0.542. The van der Waals surface area contributed by atoms with Gasteiger partial charge in [0.05, 0.1) is 10.4 Å². The van der Waals surface area contributed by atoms with Crippen molar-refractivity contribution < 1.29 is 28.0 Å². The van der Waals surface area contributed by atoms with Crippen molar-refractivity contribution in [1.29, 1.82) is 0 Å². The summed E-state index contributed by atoms with van der Waals surface area (Å²) < 4.78 is 43.0. The summed E-state index contributed by atoms with van der Waals surface area (Å²) in [5.74, 6) is -7.63. The summed E-state index contributed by atoms with van der Waals surface area (Å²) in [6.45, 7) is 1.55. The molecule has 7 nitrogen and oxygen atoms in total. The number of aromatic nitrogens is 1. The number of aromatic carboxylic acids is 1. The monoisotopic (exact) mass is 342 g/mol. The molecule has 126 valence electrons. The maximum absolute atomic E-state index is 14.3. The molecule has 1 aromatic carbocycles. The molecule has 0 saturated heterocycles. The minimum atomic E-state index is -2.13. The predicted octanol–water partition coefficient (Wildman–Crippen LogP) is 2.53. The van der Waals surface area contributed by atoms with Gasteiger partial charge in [-0.2, -0.15) is 4.39 Å². The molecule has 0 fully saturated rings. The Morgan fingerprint density at radius 1 is 1.29 bits per heavy atom. The first kappa shape index (κ1) is 16.0. The van der Waals surface area contributed by atoms with Gasteiger partial charge in [0.2, 0.25) is 17.1 Å². The van der Waals surface area contributed by atoms with Crippen LogP contribution >= 0.6 is 0 Å². The summed E-state index contributed by atoms with van der Waals surface area (Å²) in [5, 5.41) is 19.3. The zero-order valence-electron chi connectivity index (χ0n) is 12.1. The van der Waals surface area contributed by atoms with Crippen LogP contribution in [0.1, 0.15) is 35.4 Å². The molecule has 0 amide bonds. The number of pyridine rings is 1. The lowest BCUT2D eigenvalue weighted by atomic mass is 10.0. The van der Waals surface area contributed by atoms with Gasteiger partial charge in [0.1, 0.15) is 10.9 Å². The quantitative estimate of drug-likeness (QED) is 0.513. The second-order valence-corrected chi connectivity index (χ2v) is 5.48. The molecule has 1 aromatic heterocycles. The van der Waals surface area contributed by atoms with Crippen molar-refractivity contribution in [2.24, 2.45) is 0 Å². The molecule has 0 spiro atoms. The Balaban J connectivity index is 2.74. The molecule has 3 rings (SSSR count). The number of nitro groups is 1. The van der Waals surface area contributed by atoms with Gasteiger partial charge in [-0.15, -0.1) is 0 Å². The topological polar surface area (TPSA) is 102 Å². The highest BCUT2D eigenvalue weighted by molar-refractivity contribution is 5.98. The summed E-state index contributed by atoms with van der Waals surface area (Å²) in [7, 11) is 0. The van der Waals surface area contributed by atoms with Crippen LogP contribution in [0.2, 0.25) is 0 Å². The number of rotatable bonds is 2. The lowest BCUT2D eigenvalue weighted by molar-refractivity contribution is -0.386. The lowest BCUT2D eigenvalue weighted by Crippen LogP contribution is -2.24. The standard InChI is InChI=1S/C14H9F3N2O5/c1-4-2-3-5-6(14(21)22)13(20)7-11(18(4)5)9(16)8(15)10(17)12(7)19(23)24/h4H,2-3H2,1H3,(H,21,22)/t4-/m1/s1. The SMILES string of the molecule is C[C@@H]1CCc2c(C(=O)O)c(=O)c3c([N+](=O)[O-])c(F)c(F)c(F)c3n21. The number of benzene rings is 1. The van der Waals surface area contributed by atoms with Crippen LogP contribution in [0, 0.1) is 27.6 Å². The average molecular weight is 342 g/mol. The molecule has 0 radical (unpaired) electrons. The van der Waals surface area contributed by atoms with Gasteiger partial charge in [0.25, 0.3) is 0 Å². The zero-order valence-corrected chi connectivity index (χ0v) is 12.1. The first-order chi connectivity index (χ1) is 11.2. The van der Waals surface area contributed by atoms with Crippen LogP contribution in [-0.4, -0.2) is 20.6 Å². The Hall–Kier alpha value is -2.91. The van der Waals surface area contributed by atoms with E-state index in [2.05, 4.69) is 0 Å². The third kappa shape index (κ3) is 1.85. The molecule has 2 heterocycles. The smallest absolute Gasteiger partial charge is 0.341 e. The Labute approximate surface area is 131 Å². The molecule has 1 aliphatic rings. The van der Waals surface area contributed by atoms with E-state index >= 15 is 0 Å². The maximum atomic E-state index is 14.3. The number of nitrogens with zero attached hydrogens (tertiary/aromatic N) is 2. The van der Waals surface area contributed by atoms with Crippen LogP contribution < -0.4 is 5.43 Å². The van der Waals surface area contributed by atoms with Crippen LogP contribution in [0.3, 0.4) is 0 Å². The van der Waals surface area contributed by atoms with Gasteiger partial charge in [-0.1, -0.05) is 0 Å². The molecule has 1 atom stereocenters. The Bertz CT molecular complexity index is 999. The fourth-order valence-corrected chi connectivity index (χ4v) is 3.19. The highest BCUT2D eigenvalue weighted by Crippen LogP contribution is 2.37. The van der Waals surface area contributed by atoms with Crippen LogP contribution in [0.25, 0.3) is 10.9 Å². The first-order valence-corrected chi connectivity index (χ1v) is 6.83. The Morgan fingerprint density at radius 3 is 2.46 bits per heavy atom. The van der Waals surface area contributed by atoms with Crippen LogP contribution in [0.15, 0.2) is 4.79 Å². The predicted molar refractivity (Wildman–Crippen MR) is 74.7 cm³/mol. The van der Waals surface area contributed by atoms with Crippen molar-refractivity contribution in [3.8, 4) is 0 Å². The van der Waals surface area contributed by atoms with E-state index in [0.29, 0.717) is 6.42 Å². The zero-order chi connectivity index (χ0) is 17.9. The van der Waals surface area contributed by atoms with E-state index in [1.165, 1.54) is 0 Å². The normalized spacial score (nSPS) is 16.4. The van der Waals surface area contributed by atoms with Gasteiger partial charge >= 0.3 is 11.7 Å². The van der Waals surface area contributed by atoms with E-state index in [-0.39, 0.29) is 12.1 Å². The summed E-state index contributed by atoms with van der Waals surface area (Å²) >= 11 is 0. The molecule has 0 aliphatic carbocycles. The second-order valence-electron chi connectivity index (χ2n) is 5.48. The fraction of sp³-hybridized carbons (Fsp3) is 0.286. The molecule has 0 saturated carbocycles. The molecular formula is C14H9F3N2O5. The Morgan fingerprint density at radius 2 is 1.92 bits per heavy atom. The Kier molecular flexibility index (Phi) is 3.36. The third-order valence-corrected chi connectivity index (χ3v) is 4.19. The van der Waals surface area contributed by atoms with Crippen molar-refractivity contribution >= 4 is 22.6 Å². The number of hydrogen-bond donors (Lipinski definition) is 1. The summed E-state index contributed by atoms with van der Waals surface area (Å²) in [4.78, 5) is 33.6. The number of hydrogen-bond acceptors (Lipinski definition) is 4. The van der Waals surface area contributed by atoms with E-state index in [1.807, 2.05) is 0 Å². The van der Waals surface area contributed by atoms with Crippen molar-refractivity contribution in [1.82, 2.24) is 4.57 Å². The number of nitro benzene ring substituents is 1. The molecular weight excluding hydrogens is 333 g/mol. The van der Waals surface area contributed by atoms with Crippen molar-refractivity contribution in [2.45, 2.75) is 25.8 Å². The summed E-state index contributed by atoms with van der Waals surface area (Å²) in [5.41, 5.74) is -4.60. The number of carboxylic acids is 1. The van der Waals surface area contributed by atoms with E-state index < -0.39 is 62.0 Å². The molecule has 0 bridgehead atoms. The van der Waals surface area contributed by atoms with Crippen molar-refractivity contribution in [3.05, 3.63) is 49.0 Å². The summed E-state index contributed by atoms with van der Waals surface area (Å²) in [6.07, 6.45) is 0.422. The van der Waals surface area contributed by atoms with E-state index in [0.717, 1.165) is 4.57 Å². The highest BCUT2D eigenvalue weighted by Gasteiger charge is 2.37. The molecule has 24 heavy (non-hydrogen) atoms. The van der Waals surface area contributed by atoms with E-state index in [9.17, 15) is 38.0 Å². The number of fused-ring (bicyclic) bond motifs is 3. The van der Waals surface area contributed by atoms with Gasteiger partial charge in [0.15, 0.2) is 5.82 Å². The molecule has 10 heteroatoms. The van der Waals surface area contributed by atoms with E-state index in [1.54, 1.807) is 6.92 Å². The maximum Gasteiger partial charge on any atom is 0.341 e. The third-order valence-electron chi connectivity index (χ3n) is 4.19. The molecule has 2 aromatic rings. The minimum absolute atomic E-state index is 0.0632. The number of carboxylic acid groups (broad SMARTS) is 1. The highest BCUT2D eigenvalue weighted by atomic mass is 19.2. The van der Waals surface area contributed by atoms with Gasteiger partial charge in [-0.25, -0.2) is 13.6 Å². The van der Waals surface area contributed by atoms with Gasteiger partial charge < -0.3 is 9.67 Å². The minimum Gasteiger partial charge on any atom is -0.477 e. The van der Waals surface area contributed by atoms with Crippen molar-refractivity contribution in [2.75, 3.05) is 0 Å². The first-order valence-electron chi connectivity index (χ1n) is 6.83. The van der Waals surface area contributed by atoms with Gasteiger partial charge in [0, 0.05) is 11.7 Å². The van der Waals surface area contributed by atoms with Crippen LogP contribution in [0.5, 0.6) is 0 Å². The van der Waals surface area contributed by atoms with E-state index in [4.69, 9.17) is 0 Å². The van der Waals surface area contributed by atoms with Gasteiger partial charge in [-0.05, 0) is 19.8 Å². The number of carbonyl (C=O) groups is 1. The van der Waals surface area contributed by atoms with Crippen LogP contribution in [0.4, 0.5) is 18.9 Å². The van der Waals surface area contributed by atoms with Gasteiger partial charge in [-0.3, -0.25) is 14.9 Å². The molecule has 1 N–H and O–H groups in total. The fourth-order valence-electron chi connectivity index (χ4n) is 3.19. The average Bonchev–Trinajstić information content (AvgIpc) is 2.86. The van der Waals surface area contributed by atoms with Crippen LogP contribution in [-0.2, 0) is 6.42 Å².